The van der Waals surface area contributed by atoms with E-state index in [-0.39, 0.29) is 18.1 Å². The minimum absolute atomic E-state index is 0.270. The Morgan fingerprint density at radius 1 is 1.15 bits per heavy atom. The number of fused-ring (bicyclic) bond motifs is 1. The number of nitrogens with two attached hydrogens (primary N) is 1. The molecule has 5 rings (SSSR count). The van der Waals surface area contributed by atoms with Crippen molar-refractivity contribution < 1.29 is 13.9 Å². The summed E-state index contributed by atoms with van der Waals surface area (Å²) in [6.45, 7) is 3.21. The second-order valence-electron chi connectivity index (χ2n) is 9.34. The molecular formula is C26H24ClFN4O2. The number of benzene rings is 2. The van der Waals surface area contributed by atoms with Crippen molar-refractivity contribution in [1.82, 2.24) is 15.0 Å². The number of carbonyl (C=O) groups excluding carboxylic acids is 1. The number of hydrogen-bond acceptors (Lipinski definition) is 4. The first-order chi connectivity index (χ1) is 16.2. The van der Waals surface area contributed by atoms with Crippen LogP contribution in [-0.4, -0.2) is 27.5 Å². The highest BCUT2D eigenvalue weighted by atomic mass is 35.5. The summed E-state index contributed by atoms with van der Waals surface area (Å²) >= 11 is 6.51. The first-order valence-electron chi connectivity index (χ1n) is 11.0. The number of alkyl halides is 1. The Bertz CT molecular complexity index is 1380. The van der Waals surface area contributed by atoms with E-state index in [4.69, 9.17) is 22.1 Å². The van der Waals surface area contributed by atoms with Gasteiger partial charge in [-0.1, -0.05) is 48.0 Å². The van der Waals surface area contributed by atoms with Crippen LogP contribution in [0.3, 0.4) is 0 Å². The third-order valence-corrected chi connectivity index (χ3v) is 6.98. The smallest absolute Gasteiger partial charge is 0.301 e. The maximum Gasteiger partial charge on any atom is 0.301 e. The minimum Gasteiger partial charge on any atom is -0.426 e. The lowest BCUT2D eigenvalue weighted by Gasteiger charge is -2.20. The van der Waals surface area contributed by atoms with Crippen molar-refractivity contribution in [3.05, 3.63) is 70.7 Å². The average molecular weight is 479 g/mol. The Hall–Kier alpha value is -3.45. The predicted molar refractivity (Wildman–Crippen MR) is 130 cm³/mol. The number of hydrogen-bond donors (Lipinski definition) is 2. The maximum absolute atomic E-state index is 13.4. The van der Waals surface area contributed by atoms with E-state index in [2.05, 4.69) is 15.0 Å². The summed E-state index contributed by atoms with van der Waals surface area (Å²) in [5, 5.41) is 0.472. The zero-order valence-corrected chi connectivity index (χ0v) is 19.6. The molecule has 1 fully saturated rings. The Balaban J connectivity index is 1.39. The van der Waals surface area contributed by atoms with Crippen molar-refractivity contribution in [2.75, 3.05) is 6.67 Å². The normalized spacial score (nSPS) is 14.8. The van der Waals surface area contributed by atoms with Gasteiger partial charge in [0.15, 0.2) is 5.65 Å². The molecule has 0 radical (unpaired) electrons. The molecule has 1 aliphatic rings. The third-order valence-electron chi connectivity index (χ3n) is 6.69. The molecule has 0 spiro atoms. The van der Waals surface area contributed by atoms with Gasteiger partial charge < -0.3 is 15.5 Å². The zero-order valence-electron chi connectivity index (χ0n) is 18.9. The number of H-pyrrole nitrogens is 1. The molecule has 174 valence electrons. The SMILES string of the molecule is CC(C)(C(N)=O)c1ccc(Oc2nc3nc(-c4ccc(C5(CF)CC5)cc4)c(Cl)cc3[nH]2)cc1. The first kappa shape index (κ1) is 22.3. The van der Waals surface area contributed by atoms with Gasteiger partial charge in [-0.25, -0.2) is 4.98 Å². The van der Waals surface area contributed by atoms with Crippen molar-refractivity contribution in [3.8, 4) is 23.0 Å². The van der Waals surface area contributed by atoms with Crippen LogP contribution in [0.4, 0.5) is 4.39 Å². The summed E-state index contributed by atoms with van der Waals surface area (Å²) in [6.07, 6.45) is 1.77. The van der Waals surface area contributed by atoms with Gasteiger partial charge in [-0.3, -0.25) is 9.18 Å². The number of rotatable bonds is 7. The van der Waals surface area contributed by atoms with Gasteiger partial charge in [0, 0.05) is 11.0 Å². The summed E-state index contributed by atoms with van der Waals surface area (Å²) in [7, 11) is 0. The summed E-state index contributed by atoms with van der Waals surface area (Å²) in [5.74, 6) is 0.146. The molecule has 0 atom stereocenters. The van der Waals surface area contributed by atoms with E-state index in [0.29, 0.717) is 27.6 Å². The maximum atomic E-state index is 13.4. The van der Waals surface area contributed by atoms with Crippen LogP contribution in [0.2, 0.25) is 5.02 Å². The summed E-state index contributed by atoms with van der Waals surface area (Å²) in [4.78, 5) is 23.8. The van der Waals surface area contributed by atoms with Gasteiger partial charge in [0.25, 0.3) is 0 Å². The number of pyridine rings is 1. The molecule has 0 saturated heterocycles. The fraction of sp³-hybridized carbons (Fsp3) is 0.269. The van der Waals surface area contributed by atoms with Crippen LogP contribution >= 0.6 is 11.6 Å². The van der Waals surface area contributed by atoms with Crippen molar-refractivity contribution in [2.45, 2.75) is 37.5 Å². The number of nitrogens with one attached hydrogen (secondary N) is 1. The zero-order chi connectivity index (χ0) is 24.1. The summed E-state index contributed by atoms with van der Waals surface area (Å²) < 4.78 is 19.2. The van der Waals surface area contributed by atoms with E-state index >= 15 is 0 Å². The third kappa shape index (κ3) is 3.90. The molecule has 3 N–H and O–H groups in total. The fourth-order valence-corrected chi connectivity index (χ4v) is 4.23. The van der Waals surface area contributed by atoms with Crippen LogP contribution in [0.15, 0.2) is 54.6 Å². The van der Waals surface area contributed by atoms with Gasteiger partial charge >= 0.3 is 6.01 Å². The summed E-state index contributed by atoms with van der Waals surface area (Å²) in [6, 6.07) is 16.9. The number of primary amides is 1. The lowest BCUT2D eigenvalue weighted by Crippen LogP contribution is -2.35. The number of aromatic amines is 1. The van der Waals surface area contributed by atoms with Crippen LogP contribution in [0.5, 0.6) is 11.8 Å². The fourth-order valence-electron chi connectivity index (χ4n) is 3.97. The molecule has 0 bridgehead atoms. The average Bonchev–Trinajstić information content (AvgIpc) is 3.53. The number of aromatic nitrogens is 3. The summed E-state index contributed by atoms with van der Waals surface area (Å²) in [5.41, 5.74) is 8.75. The van der Waals surface area contributed by atoms with Gasteiger partial charge in [-0.2, -0.15) is 4.98 Å². The number of nitrogens with zero attached hydrogens (tertiary/aromatic N) is 2. The molecule has 0 aliphatic heterocycles. The van der Waals surface area contributed by atoms with E-state index in [9.17, 15) is 9.18 Å². The number of amides is 1. The molecule has 8 heteroatoms. The van der Waals surface area contributed by atoms with E-state index in [0.717, 1.165) is 29.5 Å². The lowest BCUT2D eigenvalue weighted by atomic mass is 9.84. The molecule has 2 heterocycles. The highest BCUT2D eigenvalue weighted by molar-refractivity contribution is 6.33. The van der Waals surface area contributed by atoms with Crippen LogP contribution in [-0.2, 0) is 15.6 Å². The molecule has 1 aliphatic carbocycles. The van der Waals surface area contributed by atoms with Gasteiger partial charge in [-0.05, 0) is 56.0 Å². The highest BCUT2D eigenvalue weighted by Crippen LogP contribution is 2.48. The van der Waals surface area contributed by atoms with Crippen molar-refractivity contribution in [3.63, 3.8) is 0 Å². The number of halogens is 2. The van der Waals surface area contributed by atoms with E-state index in [1.165, 1.54) is 0 Å². The topological polar surface area (TPSA) is 93.9 Å². The van der Waals surface area contributed by atoms with Crippen molar-refractivity contribution in [1.29, 1.82) is 0 Å². The quantitative estimate of drug-likeness (QED) is 0.349. The van der Waals surface area contributed by atoms with Gasteiger partial charge in [0.1, 0.15) is 5.75 Å². The second-order valence-corrected chi connectivity index (χ2v) is 9.75. The largest absolute Gasteiger partial charge is 0.426 e. The predicted octanol–water partition coefficient (Wildman–Crippen LogP) is 5.83. The van der Waals surface area contributed by atoms with Crippen LogP contribution in [0.25, 0.3) is 22.4 Å². The Labute approximate surface area is 201 Å². The Kier molecular flexibility index (Phi) is 5.32. The monoisotopic (exact) mass is 478 g/mol. The Morgan fingerprint density at radius 2 is 1.82 bits per heavy atom. The number of ether oxygens (including phenoxy) is 1. The first-order valence-corrected chi connectivity index (χ1v) is 11.4. The molecule has 2 aromatic carbocycles. The van der Waals surface area contributed by atoms with E-state index in [1.54, 1.807) is 44.2 Å². The molecule has 2 aromatic heterocycles. The number of imidazole rings is 1. The van der Waals surface area contributed by atoms with Crippen molar-refractivity contribution in [2.24, 2.45) is 5.73 Å². The Morgan fingerprint density at radius 3 is 2.41 bits per heavy atom. The highest BCUT2D eigenvalue weighted by Gasteiger charge is 2.44. The van der Waals surface area contributed by atoms with E-state index in [1.807, 2.05) is 24.3 Å². The second kappa shape index (κ2) is 8.09. The minimum atomic E-state index is -0.779. The standard InChI is InChI=1S/C26H24ClFN4O2/c1-25(2,23(29)33)16-7-9-18(10-8-16)34-24-30-20-13-19(27)21(31-22(20)32-24)15-3-5-17(6-4-15)26(14-28)11-12-26/h3-10,13H,11-12,14H2,1-2H3,(H2,29,33)(H,30,31,32). The van der Waals surface area contributed by atoms with Crippen LogP contribution in [0.1, 0.15) is 37.8 Å². The van der Waals surface area contributed by atoms with E-state index < -0.39 is 11.3 Å². The molecule has 6 nitrogen and oxygen atoms in total. The molecular weight excluding hydrogens is 455 g/mol. The van der Waals surface area contributed by atoms with Gasteiger partial charge in [0.05, 0.1) is 28.3 Å². The van der Waals surface area contributed by atoms with Gasteiger partial charge in [-0.15, -0.1) is 0 Å². The molecule has 0 unspecified atom stereocenters. The molecule has 4 aromatic rings. The molecule has 1 saturated carbocycles. The lowest BCUT2D eigenvalue weighted by molar-refractivity contribution is -0.122. The van der Waals surface area contributed by atoms with Crippen LogP contribution < -0.4 is 10.5 Å². The van der Waals surface area contributed by atoms with Crippen LogP contribution in [0, 0.1) is 0 Å². The molecule has 1 amide bonds. The molecule has 34 heavy (non-hydrogen) atoms. The van der Waals surface area contributed by atoms with Gasteiger partial charge in [0.2, 0.25) is 5.91 Å². The number of carbonyl (C=O) groups is 1. The van der Waals surface area contributed by atoms with Crippen molar-refractivity contribution >= 4 is 28.7 Å².